The average Bonchev–Trinajstić information content (AvgIpc) is 3.02. The first-order valence-electron chi connectivity index (χ1n) is 7.96. The Morgan fingerprint density at radius 1 is 1.20 bits per heavy atom. The zero-order valence-corrected chi connectivity index (χ0v) is 14.5. The standard InChI is InChI=1S/C19H18ClN3O2/c1-2-25-18-6-4-3-5-17(18)22-19(24)15-9-7-14(8-10-15)12-23-13-16(20)11-21-23/h3-11,13H,2,12H2,1H3,(H,22,24). The lowest BCUT2D eigenvalue weighted by atomic mass is 10.1. The van der Waals surface area contributed by atoms with E-state index in [2.05, 4.69) is 10.4 Å². The van der Waals surface area contributed by atoms with Gasteiger partial charge in [-0.2, -0.15) is 5.10 Å². The van der Waals surface area contributed by atoms with Crippen LogP contribution in [-0.4, -0.2) is 22.3 Å². The second kappa shape index (κ2) is 7.85. The van der Waals surface area contributed by atoms with Crippen LogP contribution in [0.3, 0.4) is 0 Å². The molecule has 0 saturated heterocycles. The minimum Gasteiger partial charge on any atom is -0.492 e. The number of amides is 1. The number of nitrogens with zero attached hydrogens (tertiary/aromatic N) is 2. The smallest absolute Gasteiger partial charge is 0.255 e. The second-order valence-corrected chi connectivity index (χ2v) is 5.87. The van der Waals surface area contributed by atoms with Crippen molar-refractivity contribution in [3.8, 4) is 5.75 Å². The molecule has 6 heteroatoms. The number of hydrogen-bond acceptors (Lipinski definition) is 3. The molecule has 0 radical (unpaired) electrons. The van der Waals surface area contributed by atoms with Gasteiger partial charge in [-0.3, -0.25) is 9.48 Å². The number of carbonyl (C=O) groups is 1. The molecule has 3 aromatic rings. The molecule has 0 aliphatic heterocycles. The summed E-state index contributed by atoms with van der Waals surface area (Å²) in [6, 6.07) is 14.8. The van der Waals surface area contributed by atoms with Crippen molar-refractivity contribution in [3.63, 3.8) is 0 Å². The van der Waals surface area contributed by atoms with Crippen LogP contribution in [0.4, 0.5) is 5.69 Å². The third-order valence-corrected chi connectivity index (χ3v) is 3.79. The number of benzene rings is 2. The Morgan fingerprint density at radius 3 is 2.64 bits per heavy atom. The van der Waals surface area contributed by atoms with Gasteiger partial charge >= 0.3 is 0 Å². The molecule has 0 fully saturated rings. The molecule has 2 aromatic carbocycles. The Morgan fingerprint density at radius 2 is 1.96 bits per heavy atom. The normalized spacial score (nSPS) is 10.5. The summed E-state index contributed by atoms with van der Waals surface area (Å²) in [5.41, 5.74) is 2.27. The van der Waals surface area contributed by atoms with E-state index in [4.69, 9.17) is 16.3 Å². The number of halogens is 1. The van der Waals surface area contributed by atoms with Gasteiger partial charge < -0.3 is 10.1 Å². The summed E-state index contributed by atoms with van der Waals surface area (Å²) in [5.74, 6) is 0.478. The molecular formula is C19H18ClN3O2. The Labute approximate surface area is 151 Å². The topological polar surface area (TPSA) is 56.1 Å². The van der Waals surface area contributed by atoms with Crippen LogP contribution in [0.25, 0.3) is 0 Å². The van der Waals surface area contributed by atoms with E-state index in [9.17, 15) is 4.79 Å². The molecular weight excluding hydrogens is 338 g/mol. The van der Waals surface area contributed by atoms with Crippen LogP contribution in [0.1, 0.15) is 22.8 Å². The fourth-order valence-electron chi connectivity index (χ4n) is 2.42. The van der Waals surface area contributed by atoms with Gasteiger partial charge in [-0.15, -0.1) is 0 Å². The maximum absolute atomic E-state index is 12.4. The second-order valence-electron chi connectivity index (χ2n) is 5.44. The highest BCUT2D eigenvalue weighted by atomic mass is 35.5. The van der Waals surface area contributed by atoms with Gasteiger partial charge in [-0.1, -0.05) is 35.9 Å². The van der Waals surface area contributed by atoms with Crippen LogP contribution in [0, 0.1) is 0 Å². The lowest BCUT2D eigenvalue weighted by Crippen LogP contribution is -2.13. The van der Waals surface area contributed by atoms with E-state index >= 15 is 0 Å². The van der Waals surface area contributed by atoms with Crippen LogP contribution in [0.5, 0.6) is 5.75 Å². The van der Waals surface area contributed by atoms with E-state index in [-0.39, 0.29) is 5.91 Å². The fraction of sp³-hybridized carbons (Fsp3) is 0.158. The van der Waals surface area contributed by atoms with Crippen LogP contribution in [0.2, 0.25) is 5.02 Å². The molecule has 0 bridgehead atoms. The average molecular weight is 356 g/mol. The largest absolute Gasteiger partial charge is 0.492 e. The first kappa shape index (κ1) is 17.0. The number of carbonyl (C=O) groups excluding carboxylic acids is 1. The third-order valence-electron chi connectivity index (χ3n) is 3.60. The Bertz CT molecular complexity index is 859. The van der Waals surface area contributed by atoms with E-state index < -0.39 is 0 Å². The highest BCUT2D eigenvalue weighted by molar-refractivity contribution is 6.30. The van der Waals surface area contributed by atoms with Crippen molar-refractivity contribution in [1.29, 1.82) is 0 Å². The summed E-state index contributed by atoms with van der Waals surface area (Å²) in [6.07, 6.45) is 3.35. The molecule has 0 aliphatic carbocycles. The number of hydrogen-bond donors (Lipinski definition) is 1. The van der Waals surface area contributed by atoms with E-state index in [1.54, 1.807) is 29.2 Å². The molecule has 0 atom stereocenters. The van der Waals surface area contributed by atoms with Crippen LogP contribution < -0.4 is 10.1 Å². The molecule has 0 spiro atoms. The number of rotatable bonds is 6. The number of anilines is 1. The molecule has 0 saturated carbocycles. The summed E-state index contributed by atoms with van der Waals surface area (Å²) in [6.45, 7) is 3.05. The Hall–Kier alpha value is -2.79. The maximum Gasteiger partial charge on any atom is 0.255 e. The molecule has 5 nitrogen and oxygen atoms in total. The number of ether oxygens (including phenoxy) is 1. The Balaban J connectivity index is 1.68. The zero-order chi connectivity index (χ0) is 17.6. The predicted octanol–water partition coefficient (Wildman–Crippen LogP) is 4.24. The fourth-order valence-corrected chi connectivity index (χ4v) is 2.58. The van der Waals surface area contributed by atoms with Crippen molar-refractivity contribution in [2.45, 2.75) is 13.5 Å². The number of aromatic nitrogens is 2. The highest BCUT2D eigenvalue weighted by Gasteiger charge is 2.09. The van der Waals surface area contributed by atoms with Gasteiger partial charge in [0.05, 0.1) is 30.1 Å². The van der Waals surface area contributed by atoms with Crippen molar-refractivity contribution in [1.82, 2.24) is 9.78 Å². The van der Waals surface area contributed by atoms with Crippen LogP contribution >= 0.6 is 11.6 Å². The van der Waals surface area contributed by atoms with E-state index in [1.807, 2.05) is 43.3 Å². The Kier molecular flexibility index (Phi) is 5.36. The van der Waals surface area contributed by atoms with Gasteiger partial charge in [0.2, 0.25) is 0 Å². The zero-order valence-electron chi connectivity index (χ0n) is 13.8. The minimum atomic E-state index is -0.180. The van der Waals surface area contributed by atoms with Crippen LogP contribution in [0.15, 0.2) is 60.9 Å². The lowest BCUT2D eigenvalue weighted by molar-refractivity contribution is 0.102. The summed E-state index contributed by atoms with van der Waals surface area (Å²) in [5, 5.41) is 7.63. The first-order valence-corrected chi connectivity index (χ1v) is 8.33. The molecule has 128 valence electrons. The summed E-state index contributed by atoms with van der Waals surface area (Å²) >= 11 is 5.86. The van der Waals surface area contributed by atoms with Crippen molar-refractivity contribution in [3.05, 3.63) is 77.1 Å². The van der Waals surface area contributed by atoms with E-state index in [0.717, 1.165) is 5.56 Å². The molecule has 1 heterocycles. The van der Waals surface area contributed by atoms with Gasteiger partial charge in [-0.25, -0.2) is 0 Å². The molecule has 1 amide bonds. The van der Waals surface area contributed by atoms with Crippen molar-refractivity contribution in [2.24, 2.45) is 0 Å². The van der Waals surface area contributed by atoms with Crippen molar-refractivity contribution in [2.75, 3.05) is 11.9 Å². The monoisotopic (exact) mass is 355 g/mol. The van der Waals surface area contributed by atoms with E-state index in [1.165, 1.54) is 0 Å². The predicted molar refractivity (Wildman–Crippen MR) is 98.3 cm³/mol. The molecule has 1 N–H and O–H groups in total. The van der Waals surface area contributed by atoms with Gasteiger partial charge in [-0.05, 0) is 36.8 Å². The lowest BCUT2D eigenvalue weighted by Gasteiger charge is -2.11. The summed E-state index contributed by atoms with van der Waals surface area (Å²) in [4.78, 5) is 12.4. The van der Waals surface area contributed by atoms with Crippen LogP contribution in [-0.2, 0) is 6.54 Å². The molecule has 25 heavy (non-hydrogen) atoms. The third kappa shape index (κ3) is 4.39. The highest BCUT2D eigenvalue weighted by Crippen LogP contribution is 2.24. The van der Waals surface area contributed by atoms with Gasteiger partial charge in [0.15, 0.2) is 0 Å². The maximum atomic E-state index is 12.4. The number of para-hydroxylation sites is 2. The van der Waals surface area contributed by atoms with Gasteiger partial charge in [0.25, 0.3) is 5.91 Å². The molecule has 0 unspecified atom stereocenters. The van der Waals surface area contributed by atoms with Crippen molar-refractivity contribution >= 4 is 23.2 Å². The molecule has 3 rings (SSSR count). The van der Waals surface area contributed by atoms with E-state index in [0.29, 0.717) is 35.2 Å². The quantitative estimate of drug-likeness (QED) is 0.719. The summed E-state index contributed by atoms with van der Waals surface area (Å²) < 4.78 is 7.27. The summed E-state index contributed by atoms with van der Waals surface area (Å²) in [7, 11) is 0. The van der Waals surface area contributed by atoms with Gasteiger partial charge in [0.1, 0.15) is 5.75 Å². The molecule has 0 aliphatic rings. The molecule has 1 aromatic heterocycles. The SMILES string of the molecule is CCOc1ccccc1NC(=O)c1ccc(Cn2cc(Cl)cn2)cc1. The van der Waals surface area contributed by atoms with Crippen molar-refractivity contribution < 1.29 is 9.53 Å². The minimum absolute atomic E-state index is 0.180. The van der Waals surface area contributed by atoms with Gasteiger partial charge in [0, 0.05) is 11.8 Å². The number of nitrogens with one attached hydrogen (secondary N) is 1. The first-order chi connectivity index (χ1) is 12.2.